The topological polar surface area (TPSA) is 88.4 Å². The van der Waals surface area contributed by atoms with Gasteiger partial charge in [0, 0.05) is 49.1 Å². The van der Waals surface area contributed by atoms with E-state index < -0.39 is 0 Å². The van der Waals surface area contributed by atoms with Gasteiger partial charge in [0.2, 0.25) is 5.95 Å². The summed E-state index contributed by atoms with van der Waals surface area (Å²) in [5.41, 5.74) is 8.89. The van der Waals surface area contributed by atoms with Gasteiger partial charge in [0.05, 0.1) is 28.8 Å². The van der Waals surface area contributed by atoms with Crippen molar-refractivity contribution >= 4 is 16.9 Å². The predicted molar refractivity (Wildman–Crippen MR) is 132 cm³/mol. The first-order valence-electron chi connectivity index (χ1n) is 11.8. The van der Waals surface area contributed by atoms with E-state index in [1.54, 1.807) is 12.4 Å². The summed E-state index contributed by atoms with van der Waals surface area (Å²) < 4.78 is 2.15. The van der Waals surface area contributed by atoms with Crippen LogP contribution in [0.3, 0.4) is 0 Å². The zero-order valence-corrected chi connectivity index (χ0v) is 19.4. The molecule has 0 amide bonds. The molecule has 0 radical (unpaired) electrons. The zero-order chi connectivity index (χ0) is 23.1. The van der Waals surface area contributed by atoms with Crippen molar-refractivity contribution in [2.75, 3.05) is 11.4 Å². The number of pyridine rings is 1. The van der Waals surface area contributed by atoms with Crippen LogP contribution in [0.1, 0.15) is 36.2 Å². The first kappa shape index (κ1) is 20.5. The summed E-state index contributed by atoms with van der Waals surface area (Å²) in [5, 5.41) is 13.6. The maximum atomic E-state index is 5.21. The van der Waals surface area contributed by atoms with Crippen LogP contribution in [0.15, 0.2) is 55.1 Å². The van der Waals surface area contributed by atoms with Crippen LogP contribution in [0.25, 0.3) is 28.0 Å². The number of hydrogen-bond donors (Lipinski definition) is 1. The summed E-state index contributed by atoms with van der Waals surface area (Å²) in [6.45, 7) is 5.91. The van der Waals surface area contributed by atoms with Crippen molar-refractivity contribution in [1.29, 1.82) is 0 Å². The zero-order valence-electron chi connectivity index (χ0n) is 19.4. The Bertz CT molecular complexity index is 1440. The minimum atomic E-state index is 0.681. The van der Waals surface area contributed by atoms with Gasteiger partial charge in [-0.15, -0.1) is 0 Å². The Morgan fingerprint density at radius 3 is 2.50 bits per heavy atom. The van der Waals surface area contributed by atoms with Crippen LogP contribution in [0.4, 0.5) is 5.95 Å². The normalized spacial score (nSPS) is 13.4. The molecule has 5 heterocycles. The van der Waals surface area contributed by atoms with Crippen molar-refractivity contribution < 1.29 is 0 Å². The van der Waals surface area contributed by atoms with Gasteiger partial charge in [0.15, 0.2) is 0 Å². The van der Waals surface area contributed by atoms with Crippen molar-refractivity contribution in [3.8, 4) is 17.1 Å². The van der Waals surface area contributed by atoms with Gasteiger partial charge in [0.25, 0.3) is 0 Å². The maximum absolute atomic E-state index is 5.21. The van der Waals surface area contributed by atoms with E-state index in [2.05, 4.69) is 61.8 Å². The molecule has 1 aromatic carbocycles. The van der Waals surface area contributed by atoms with Gasteiger partial charge < -0.3 is 4.90 Å². The van der Waals surface area contributed by atoms with Crippen LogP contribution in [0.2, 0.25) is 0 Å². The van der Waals surface area contributed by atoms with Crippen LogP contribution in [0.5, 0.6) is 0 Å². The highest BCUT2D eigenvalue weighted by Crippen LogP contribution is 2.37. The minimum absolute atomic E-state index is 0.681. The van der Waals surface area contributed by atoms with Gasteiger partial charge in [-0.05, 0) is 36.1 Å². The van der Waals surface area contributed by atoms with E-state index in [0.717, 1.165) is 59.7 Å². The fourth-order valence-corrected chi connectivity index (χ4v) is 4.95. The van der Waals surface area contributed by atoms with E-state index in [1.165, 1.54) is 22.4 Å². The molecule has 170 valence electrons. The van der Waals surface area contributed by atoms with E-state index >= 15 is 0 Å². The van der Waals surface area contributed by atoms with E-state index in [0.29, 0.717) is 6.54 Å². The molecule has 0 atom stereocenters. The molecule has 0 unspecified atom stereocenters. The number of para-hydroxylation sites is 1. The maximum Gasteiger partial charge on any atom is 0.225 e. The standard InChI is InChI=1S/C26H26N8/c1-3-17-7-5-8-18(4-2)24(17)34-25(23-19-15-30-31-21(19)9-13-27-23)20-16-33(14-10-22(20)32-34)26-28-11-6-12-29-26/h5-9,11-13,15H,3-4,10,14,16H2,1-2H3,(H,30,31). The average Bonchev–Trinajstić information content (AvgIpc) is 3.53. The van der Waals surface area contributed by atoms with Crippen LogP contribution < -0.4 is 4.90 Å². The van der Waals surface area contributed by atoms with Crippen molar-refractivity contribution in [2.45, 2.75) is 39.7 Å². The monoisotopic (exact) mass is 450 g/mol. The van der Waals surface area contributed by atoms with E-state index in [9.17, 15) is 0 Å². The molecule has 0 bridgehead atoms. The Balaban J connectivity index is 1.62. The Morgan fingerprint density at radius 1 is 0.941 bits per heavy atom. The van der Waals surface area contributed by atoms with E-state index in [-0.39, 0.29) is 0 Å². The fraction of sp³-hybridized carbons (Fsp3) is 0.269. The second-order valence-corrected chi connectivity index (χ2v) is 8.53. The van der Waals surface area contributed by atoms with Gasteiger partial charge in [0.1, 0.15) is 5.69 Å². The molecular weight excluding hydrogens is 424 g/mol. The fourth-order valence-electron chi connectivity index (χ4n) is 4.95. The lowest BCUT2D eigenvalue weighted by Crippen LogP contribution is -2.31. The molecule has 6 rings (SSSR count). The quantitative estimate of drug-likeness (QED) is 0.430. The van der Waals surface area contributed by atoms with Crippen molar-refractivity contribution in [2.24, 2.45) is 0 Å². The molecule has 4 aromatic heterocycles. The second kappa shape index (κ2) is 8.37. The molecule has 34 heavy (non-hydrogen) atoms. The summed E-state index contributed by atoms with van der Waals surface area (Å²) in [4.78, 5) is 16.1. The van der Waals surface area contributed by atoms with Gasteiger partial charge in [-0.2, -0.15) is 10.2 Å². The molecule has 8 heteroatoms. The largest absolute Gasteiger partial charge is 0.336 e. The first-order valence-corrected chi connectivity index (χ1v) is 11.8. The number of aryl methyl sites for hydroxylation is 2. The third-order valence-electron chi connectivity index (χ3n) is 6.64. The molecule has 0 spiro atoms. The molecule has 0 saturated heterocycles. The molecule has 0 fully saturated rings. The minimum Gasteiger partial charge on any atom is -0.336 e. The van der Waals surface area contributed by atoms with Crippen LogP contribution in [-0.4, -0.2) is 41.5 Å². The van der Waals surface area contributed by atoms with Crippen molar-refractivity contribution in [3.05, 3.63) is 77.5 Å². The van der Waals surface area contributed by atoms with Gasteiger partial charge in [-0.3, -0.25) is 10.1 Å². The molecule has 1 aliphatic rings. The number of benzene rings is 1. The highest BCUT2D eigenvalue weighted by molar-refractivity contribution is 5.92. The van der Waals surface area contributed by atoms with E-state index in [1.807, 2.05) is 24.5 Å². The van der Waals surface area contributed by atoms with Crippen LogP contribution >= 0.6 is 0 Å². The summed E-state index contributed by atoms with van der Waals surface area (Å²) in [7, 11) is 0. The number of aromatic nitrogens is 7. The Kier molecular flexibility index (Phi) is 5.05. The smallest absolute Gasteiger partial charge is 0.225 e. The van der Waals surface area contributed by atoms with Gasteiger partial charge in [-0.1, -0.05) is 32.0 Å². The van der Waals surface area contributed by atoms with Crippen LogP contribution in [-0.2, 0) is 25.8 Å². The summed E-state index contributed by atoms with van der Waals surface area (Å²) >= 11 is 0. The number of aromatic amines is 1. The number of nitrogens with one attached hydrogen (secondary N) is 1. The number of rotatable bonds is 5. The second-order valence-electron chi connectivity index (χ2n) is 8.53. The van der Waals surface area contributed by atoms with Gasteiger partial charge >= 0.3 is 0 Å². The summed E-state index contributed by atoms with van der Waals surface area (Å²) in [6.07, 6.45) is 9.97. The average molecular weight is 451 g/mol. The molecule has 0 saturated carbocycles. The molecule has 0 aliphatic carbocycles. The van der Waals surface area contributed by atoms with Crippen LogP contribution in [0, 0.1) is 0 Å². The molecule has 1 aliphatic heterocycles. The number of anilines is 1. The third kappa shape index (κ3) is 3.25. The molecular formula is C26H26N8. The number of fused-ring (bicyclic) bond motifs is 2. The lowest BCUT2D eigenvalue weighted by Gasteiger charge is -2.26. The summed E-state index contributed by atoms with van der Waals surface area (Å²) in [6, 6.07) is 10.4. The number of hydrogen-bond acceptors (Lipinski definition) is 6. The Labute approximate surface area is 197 Å². The lowest BCUT2D eigenvalue weighted by molar-refractivity contribution is 0.694. The highest BCUT2D eigenvalue weighted by atomic mass is 15.3. The Morgan fingerprint density at radius 2 is 1.74 bits per heavy atom. The SMILES string of the molecule is CCc1cccc(CC)c1-n1nc2c(c1-c1nccc3[nH]ncc13)CN(c1ncccn1)CC2. The first-order chi connectivity index (χ1) is 16.8. The van der Waals surface area contributed by atoms with E-state index in [4.69, 9.17) is 10.1 Å². The molecule has 8 nitrogen and oxygen atoms in total. The predicted octanol–water partition coefficient (Wildman–Crippen LogP) is 4.29. The number of H-pyrrole nitrogens is 1. The highest BCUT2D eigenvalue weighted by Gasteiger charge is 2.30. The lowest BCUT2D eigenvalue weighted by atomic mass is 10.00. The van der Waals surface area contributed by atoms with Crippen molar-refractivity contribution in [3.63, 3.8) is 0 Å². The Hall–Kier alpha value is -4.07. The van der Waals surface area contributed by atoms with Crippen molar-refractivity contribution in [1.82, 2.24) is 34.9 Å². The molecule has 1 N–H and O–H groups in total. The number of nitrogens with zero attached hydrogens (tertiary/aromatic N) is 7. The third-order valence-corrected chi connectivity index (χ3v) is 6.64. The summed E-state index contributed by atoms with van der Waals surface area (Å²) in [5.74, 6) is 0.740. The molecule has 5 aromatic rings. The van der Waals surface area contributed by atoms with Gasteiger partial charge in [-0.25, -0.2) is 14.6 Å².